The molecule has 2 aromatic carbocycles. The maximum Gasteiger partial charge on any atom is 0.263 e. The number of carbonyl (C=O) groups is 1. The summed E-state index contributed by atoms with van der Waals surface area (Å²) in [4.78, 5) is 26.7. The van der Waals surface area contributed by atoms with Crippen molar-refractivity contribution in [2.45, 2.75) is 44.9 Å². The summed E-state index contributed by atoms with van der Waals surface area (Å²) >= 11 is 0. The quantitative estimate of drug-likeness (QED) is 0.559. The van der Waals surface area contributed by atoms with Gasteiger partial charge in [-0.3, -0.25) is 9.59 Å². The lowest BCUT2D eigenvalue weighted by molar-refractivity contribution is 0.102. The number of methoxy groups -OCH3 is 1. The second kappa shape index (κ2) is 9.21. The fourth-order valence-electron chi connectivity index (χ4n) is 4.33. The molecule has 1 heterocycles. The first-order chi connectivity index (χ1) is 15.1. The topological polar surface area (TPSA) is 68.5 Å². The summed E-state index contributed by atoms with van der Waals surface area (Å²) in [7, 11) is 1.58. The average molecular weight is 418 g/mol. The highest BCUT2D eigenvalue weighted by molar-refractivity contribution is 6.05. The maximum atomic E-state index is 13.6. The molecule has 0 atom stereocenters. The van der Waals surface area contributed by atoms with E-state index in [9.17, 15) is 9.59 Å². The summed E-state index contributed by atoms with van der Waals surface area (Å²) in [5.74, 6) is 1.50. The zero-order chi connectivity index (χ0) is 21.8. The van der Waals surface area contributed by atoms with Gasteiger partial charge in [-0.25, -0.2) is 0 Å². The predicted octanol–water partition coefficient (Wildman–Crippen LogP) is 5.92. The number of rotatable bonds is 5. The van der Waals surface area contributed by atoms with Crippen molar-refractivity contribution in [2.75, 3.05) is 12.4 Å². The molecule has 31 heavy (non-hydrogen) atoms. The summed E-state index contributed by atoms with van der Waals surface area (Å²) in [5, 5.41) is 2.81. The average Bonchev–Trinajstić information content (AvgIpc) is 2.80. The molecule has 1 aliphatic carbocycles. The Morgan fingerprint density at radius 3 is 2.32 bits per heavy atom. The molecule has 1 amide bonds. The van der Waals surface area contributed by atoms with Crippen LogP contribution in [0, 0.1) is 6.92 Å². The minimum atomic E-state index is -0.469. The Bertz CT molecular complexity index is 1110. The molecule has 5 nitrogen and oxygen atoms in total. The Morgan fingerprint density at radius 1 is 1.00 bits per heavy atom. The molecule has 0 aliphatic heterocycles. The second-order valence-corrected chi connectivity index (χ2v) is 7.99. The summed E-state index contributed by atoms with van der Waals surface area (Å²) in [5.41, 5.74) is 1.66. The van der Waals surface area contributed by atoms with Crippen molar-refractivity contribution in [1.82, 2.24) is 0 Å². The highest BCUT2D eigenvalue weighted by atomic mass is 16.5. The third-order valence-electron chi connectivity index (χ3n) is 5.93. The van der Waals surface area contributed by atoms with Gasteiger partial charge in [0, 0.05) is 11.6 Å². The highest BCUT2D eigenvalue weighted by Gasteiger charge is 2.28. The van der Waals surface area contributed by atoms with Gasteiger partial charge in [0.15, 0.2) is 0 Å². The fraction of sp³-hybridized carbons (Fsp3) is 0.308. The van der Waals surface area contributed by atoms with Crippen molar-refractivity contribution < 1.29 is 13.9 Å². The first-order valence-corrected chi connectivity index (χ1v) is 10.8. The summed E-state index contributed by atoms with van der Waals surface area (Å²) < 4.78 is 11.4. The van der Waals surface area contributed by atoms with Crippen LogP contribution in [0.15, 0.2) is 63.8 Å². The monoisotopic (exact) mass is 417 g/mol. The van der Waals surface area contributed by atoms with Gasteiger partial charge >= 0.3 is 0 Å². The van der Waals surface area contributed by atoms with Crippen LogP contribution in [-0.2, 0) is 0 Å². The fourth-order valence-corrected chi connectivity index (χ4v) is 4.33. The number of benzene rings is 2. The first-order valence-electron chi connectivity index (χ1n) is 10.8. The molecule has 4 rings (SSSR count). The van der Waals surface area contributed by atoms with Gasteiger partial charge in [0.05, 0.1) is 12.7 Å². The lowest BCUT2D eigenvalue weighted by Crippen LogP contribution is -2.26. The molecule has 160 valence electrons. The van der Waals surface area contributed by atoms with Crippen LogP contribution in [0.1, 0.15) is 59.9 Å². The van der Waals surface area contributed by atoms with Crippen molar-refractivity contribution in [1.29, 1.82) is 0 Å². The molecule has 0 radical (unpaired) electrons. The number of hydrogen-bond donors (Lipinski definition) is 1. The summed E-state index contributed by atoms with van der Waals surface area (Å²) in [6.07, 6.45) is 5.46. The number of hydrogen-bond acceptors (Lipinski definition) is 4. The van der Waals surface area contributed by atoms with Crippen LogP contribution in [0.5, 0.6) is 5.75 Å². The van der Waals surface area contributed by atoms with E-state index in [4.69, 9.17) is 9.15 Å². The SMILES string of the molecule is COc1ccc(NC(=O)c2c(C)oc(C3CCCCC3)c(-c3ccccc3)c2=O)cc1. The van der Waals surface area contributed by atoms with Crippen LogP contribution < -0.4 is 15.5 Å². The van der Waals surface area contributed by atoms with E-state index in [1.165, 1.54) is 6.42 Å². The molecule has 1 N–H and O–H groups in total. The van der Waals surface area contributed by atoms with Crippen molar-refractivity contribution in [3.63, 3.8) is 0 Å². The van der Waals surface area contributed by atoms with Crippen molar-refractivity contribution in [3.8, 4) is 16.9 Å². The van der Waals surface area contributed by atoms with E-state index in [1.807, 2.05) is 30.3 Å². The normalized spacial score (nSPS) is 14.3. The number of ether oxygens (including phenoxy) is 1. The zero-order valence-electron chi connectivity index (χ0n) is 17.9. The largest absolute Gasteiger partial charge is 0.497 e. The Hall–Kier alpha value is -3.34. The minimum Gasteiger partial charge on any atom is -0.497 e. The van der Waals surface area contributed by atoms with Gasteiger partial charge in [-0.1, -0.05) is 49.6 Å². The lowest BCUT2D eigenvalue weighted by Gasteiger charge is -2.24. The second-order valence-electron chi connectivity index (χ2n) is 7.99. The standard InChI is InChI=1S/C26H27NO4/c1-17-22(26(29)27-20-13-15-21(30-2)16-14-20)24(28)23(18-9-5-3-6-10-18)25(31-17)19-11-7-4-8-12-19/h3,5-6,9-10,13-16,19H,4,7-8,11-12H2,1-2H3,(H,27,29). The molecule has 3 aromatic rings. The third kappa shape index (κ3) is 4.41. The number of carbonyl (C=O) groups excluding carboxylic acids is 1. The summed E-state index contributed by atoms with van der Waals surface area (Å²) in [6.45, 7) is 1.70. The number of nitrogens with one attached hydrogen (secondary N) is 1. The maximum absolute atomic E-state index is 13.6. The Balaban J connectivity index is 1.77. The van der Waals surface area contributed by atoms with Gasteiger partial charge in [0.1, 0.15) is 22.8 Å². The van der Waals surface area contributed by atoms with Crippen LogP contribution in [0.2, 0.25) is 0 Å². The Morgan fingerprint density at radius 2 is 1.68 bits per heavy atom. The number of aryl methyl sites for hydroxylation is 1. The molecular weight excluding hydrogens is 390 g/mol. The van der Waals surface area contributed by atoms with Gasteiger partial charge in [0.25, 0.3) is 5.91 Å². The molecule has 1 aliphatic rings. The molecule has 5 heteroatoms. The van der Waals surface area contributed by atoms with Gasteiger partial charge in [-0.2, -0.15) is 0 Å². The van der Waals surface area contributed by atoms with E-state index >= 15 is 0 Å². The van der Waals surface area contributed by atoms with Gasteiger partial charge < -0.3 is 14.5 Å². The Labute approximate surface area is 182 Å². The van der Waals surface area contributed by atoms with E-state index < -0.39 is 5.91 Å². The van der Waals surface area contributed by atoms with Crippen LogP contribution >= 0.6 is 0 Å². The summed E-state index contributed by atoms with van der Waals surface area (Å²) in [6, 6.07) is 16.5. The molecular formula is C26H27NO4. The smallest absolute Gasteiger partial charge is 0.263 e. The van der Waals surface area contributed by atoms with Crippen LogP contribution in [0.4, 0.5) is 5.69 Å². The molecule has 1 aromatic heterocycles. The first kappa shape index (κ1) is 20.9. The van der Waals surface area contributed by atoms with E-state index in [0.29, 0.717) is 22.8 Å². The van der Waals surface area contributed by atoms with E-state index in [1.54, 1.807) is 38.3 Å². The van der Waals surface area contributed by atoms with Crippen molar-refractivity contribution >= 4 is 11.6 Å². The number of anilines is 1. The van der Waals surface area contributed by atoms with Crippen molar-refractivity contribution in [3.05, 3.63) is 81.9 Å². The molecule has 0 spiro atoms. The molecule has 1 saturated carbocycles. The third-order valence-corrected chi connectivity index (χ3v) is 5.93. The lowest BCUT2D eigenvalue weighted by atomic mass is 9.84. The van der Waals surface area contributed by atoms with Gasteiger partial charge in [0.2, 0.25) is 5.43 Å². The minimum absolute atomic E-state index is 0.0502. The van der Waals surface area contributed by atoms with Gasteiger partial charge in [-0.05, 0) is 49.6 Å². The van der Waals surface area contributed by atoms with Crippen LogP contribution in [-0.4, -0.2) is 13.0 Å². The van der Waals surface area contributed by atoms with Crippen LogP contribution in [0.25, 0.3) is 11.1 Å². The predicted molar refractivity (Wildman–Crippen MR) is 122 cm³/mol. The molecule has 0 unspecified atom stereocenters. The van der Waals surface area contributed by atoms with E-state index in [-0.39, 0.29) is 16.9 Å². The molecule has 0 saturated heterocycles. The van der Waals surface area contributed by atoms with Gasteiger partial charge in [-0.15, -0.1) is 0 Å². The van der Waals surface area contributed by atoms with E-state index in [0.717, 1.165) is 37.0 Å². The van der Waals surface area contributed by atoms with Crippen LogP contribution in [0.3, 0.4) is 0 Å². The zero-order valence-corrected chi connectivity index (χ0v) is 17.9. The van der Waals surface area contributed by atoms with Crippen molar-refractivity contribution in [2.24, 2.45) is 0 Å². The number of amides is 1. The molecule has 1 fully saturated rings. The highest BCUT2D eigenvalue weighted by Crippen LogP contribution is 2.37. The molecule has 0 bridgehead atoms. The Kier molecular flexibility index (Phi) is 6.21. The van der Waals surface area contributed by atoms with E-state index in [2.05, 4.69) is 5.32 Å².